The van der Waals surface area contributed by atoms with Gasteiger partial charge in [-0.05, 0) is 51.7 Å². The topological polar surface area (TPSA) is 58.4 Å². The minimum atomic E-state index is -0.564. The van der Waals surface area contributed by atoms with Gasteiger partial charge in [0.1, 0.15) is 0 Å². The molecule has 1 amide bonds. The highest BCUT2D eigenvalue weighted by Gasteiger charge is 2.36. The number of carbonyl (C=O) groups excluding carboxylic acids is 1. The van der Waals surface area contributed by atoms with Crippen molar-refractivity contribution in [3.8, 4) is 0 Å². The lowest BCUT2D eigenvalue weighted by atomic mass is 9.98. The first kappa shape index (κ1) is 13.8. The molecule has 2 aliphatic rings. The molecule has 1 saturated carbocycles. The van der Waals surface area contributed by atoms with E-state index in [1.807, 2.05) is 0 Å². The van der Waals surface area contributed by atoms with E-state index in [9.17, 15) is 4.79 Å². The number of carbonyl (C=O) groups is 1. The average Bonchev–Trinajstić information content (AvgIpc) is 2.84. The van der Waals surface area contributed by atoms with E-state index >= 15 is 0 Å². The van der Waals surface area contributed by atoms with E-state index in [2.05, 4.69) is 10.2 Å². The monoisotopic (exact) mass is 253 g/mol. The molecule has 0 radical (unpaired) electrons. The quantitative estimate of drug-likeness (QED) is 0.725. The number of nitrogens with zero attached hydrogens (tertiary/aromatic N) is 1. The molecule has 4 heteroatoms. The van der Waals surface area contributed by atoms with E-state index < -0.39 is 5.54 Å². The van der Waals surface area contributed by atoms with Gasteiger partial charge in [0.25, 0.3) is 0 Å². The highest BCUT2D eigenvalue weighted by atomic mass is 16.2. The first-order valence-corrected chi connectivity index (χ1v) is 7.50. The van der Waals surface area contributed by atoms with Crippen LogP contribution in [-0.4, -0.2) is 42.5 Å². The molecule has 2 rings (SSSR count). The Hall–Kier alpha value is -0.610. The summed E-state index contributed by atoms with van der Waals surface area (Å²) in [5.41, 5.74) is 5.54. The van der Waals surface area contributed by atoms with Crippen molar-refractivity contribution in [2.75, 3.05) is 26.2 Å². The Morgan fingerprint density at radius 2 is 1.78 bits per heavy atom. The van der Waals surface area contributed by atoms with Crippen LogP contribution in [0, 0.1) is 0 Å². The summed E-state index contributed by atoms with van der Waals surface area (Å²) in [4.78, 5) is 14.5. The van der Waals surface area contributed by atoms with Crippen LogP contribution < -0.4 is 11.1 Å². The number of amides is 1. The molecule has 3 N–H and O–H groups in total. The highest BCUT2D eigenvalue weighted by Crippen LogP contribution is 2.27. The number of hydrogen-bond donors (Lipinski definition) is 2. The predicted molar refractivity (Wildman–Crippen MR) is 73.3 cm³/mol. The van der Waals surface area contributed by atoms with E-state index in [0.717, 1.165) is 45.2 Å². The van der Waals surface area contributed by atoms with E-state index in [0.29, 0.717) is 0 Å². The van der Waals surface area contributed by atoms with Crippen molar-refractivity contribution in [2.45, 2.75) is 56.9 Å². The lowest BCUT2D eigenvalue weighted by Gasteiger charge is -2.27. The lowest BCUT2D eigenvalue weighted by Crippen LogP contribution is -2.52. The van der Waals surface area contributed by atoms with Crippen molar-refractivity contribution in [1.29, 1.82) is 0 Å². The molecule has 0 spiro atoms. The fraction of sp³-hybridized carbons (Fsp3) is 0.929. The first-order chi connectivity index (χ1) is 8.71. The van der Waals surface area contributed by atoms with Crippen molar-refractivity contribution in [3.05, 3.63) is 0 Å². The van der Waals surface area contributed by atoms with E-state index in [-0.39, 0.29) is 5.91 Å². The lowest BCUT2D eigenvalue weighted by molar-refractivity contribution is -0.126. The Morgan fingerprint density at radius 1 is 1.11 bits per heavy atom. The SMILES string of the molecule is NC1(C(=O)NCCCN2CCCCC2)CCCC1. The average molecular weight is 253 g/mol. The number of likely N-dealkylation sites (tertiary alicyclic amines) is 1. The number of nitrogens with two attached hydrogens (primary N) is 1. The van der Waals surface area contributed by atoms with Gasteiger partial charge in [-0.3, -0.25) is 4.79 Å². The van der Waals surface area contributed by atoms with Gasteiger partial charge < -0.3 is 16.0 Å². The van der Waals surface area contributed by atoms with Gasteiger partial charge >= 0.3 is 0 Å². The Morgan fingerprint density at radius 3 is 2.44 bits per heavy atom. The zero-order chi connectivity index (χ0) is 12.8. The van der Waals surface area contributed by atoms with Crippen molar-refractivity contribution in [1.82, 2.24) is 10.2 Å². The molecule has 1 aliphatic heterocycles. The summed E-state index contributed by atoms with van der Waals surface area (Å²) >= 11 is 0. The third-order valence-electron chi connectivity index (χ3n) is 4.33. The molecule has 1 heterocycles. The molecule has 0 atom stereocenters. The fourth-order valence-corrected chi connectivity index (χ4v) is 3.10. The summed E-state index contributed by atoms with van der Waals surface area (Å²) < 4.78 is 0. The van der Waals surface area contributed by atoms with Gasteiger partial charge in [-0.25, -0.2) is 0 Å². The van der Waals surface area contributed by atoms with Gasteiger partial charge in [0.2, 0.25) is 5.91 Å². The van der Waals surface area contributed by atoms with Crippen molar-refractivity contribution in [2.24, 2.45) is 5.73 Å². The van der Waals surface area contributed by atoms with Crippen LogP contribution in [0.3, 0.4) is 0 Å². The summed E-state index contributed by atoms with van der Waals surface area (Å²) in [5, 5.41) is 3.01. The summed E-state index contributed by atoms with van der Waals surface area (Å²) in [5.74, 6) is 0.0682. The second-order valence-electron chi connectivity index (χ2n) is 5.88. The van der Waals surface area contributed by atoms with Crippen LogP contribution in [-0.2, 0) is 4.79 Å². The largest absolute Gasteiger partial charge is 0.354 e. The molecule has 0 aromatic heterocycles. The van der Waals surface area contributed by atoms with Gasteiger partial charge in [0.05, 0.1) is 5.54 Å². The molecule has 0 aromatic carbocycles. The molecule has 104 valence electrons. The van der Waals surface area contributed by atoms with Crippen LogP contribution in [0.1, 0.15) is 51.4 Å². The van der Waals surface area contributed by atoms with Crippen LogP contribution in [0.15, 0.2) is 0 Å². The Bertz CT molecular complexity index is 268. The van der Waals surface area contributed by atoms with E-state index in [1.165, 1.54) is 32.4 Å². The van der Waals surface area contributed by atoms with Crippen LogP contribution in [0.25, 0.3) is 0 Å². The zero-order valence-electron chi connectivity index (χ0n) is 11.4. The normalized spacial score (nSPS) is 24.1. The Balaban J connectivity index is 1.58. The predicted octanol–water partition coefficient (Wildman–Crippen LogP) is 1.25. The second-order valence-corrected chi connectivity index (χ2v) is 5.88. The first-order valence-electron chi connectivity index (χ1n) is 7.50. The number of rotatable bonds is 5. The number of piperidine rings is 1. The fourth-order valence-electron chi connectivity index (χ4n) is 3.10. The molecule has 2 fully saturated rings. The molecular weight excluding hydrogens is 226 g/mol. The van der Waals surface area contributed by atoms with Gasteiger partial charge in [-0.1, -0.05) is 19.3 Å². The van der Waals surface area contributed by atoms with E-state index in [4.69, 9.17) is 5.73 Å². The standard InChI is InChI=1S/C14H27N3O/c15-14(7-2-3-8-14)13(18)16-9-6-12-17-10-4-1-5-11-17/h1-12,15H2,(H,16,18). The molecule has 18 heavy (non-hydrogen) atoms. The summed E-state index contributed by atoms with van der Waals surface area (Å²) in [7, 11) is 0. The molecular formula is C14H27N3O. The molecule has 0 aromatic rings. The van der Waals surface area contributed by atoms with Gasteiger partial charge in [0.15, 0.2) is 0 Å². The van der Waals surface area contributed by atoms with E-state index in [1.54, 1.807) is 0 Å². The zero-order valence-corrected chi connectivity index (χ0v) is 11.4. The third kappa shape index (κ3) is 3.69. The number of nitrogens with one attached hydrogen (secondary N) is 1. The molecule has 1 aliphatic carbocycles. The molecule has 1 saturated heterocycles. The van der Waals surface area contributed by atoms with Gasteiger partial charge in [-0.2, -0.15) is 0 Å². The van der Waals surface area contributed by atoms with Gasteiger partial charge in [0, 0.05) is 6.54 Å². The Labute approximate surface area is 110 Å². The molecule has 0 unspecified atom stereocenters. The van der Waals surface area contributed by atoms with Gasteiger partial charge in [-0.15, -0.1) is 0 Å². The third-order valence-corrected chi connectivity index (χ3v) is 4.33. The summed E-state index contributed by atoms with van der Waals surface area (Å²) in [6, 6.07) is 0. The maximum Gasteiger partial charge on any atom is 0.240 e. The maximum atomic E-state index is 12.0. The Kier molecular flexibility index (Phi) is 5.01. The van der Waals surface area contributed by atoms with Crippen LogP contribution >= 0.6 is 0 Å². The van der Waals surface area contributed by atoms with Crippen molar-refractivity contribution >= 4 is 5.91 Å². The second kappa shape index (κ2) is 6.53. The highest BCUT2D eigenvalue weighted by molar-refractivity contribution is 5.86. The summed E-state index contributed by atoms with van der Waals surface area (Å²) in [6.07, 6.45) is 8.98. The molecule has 4 nitrogen and oxygen atoms in total. The minimum absolute atomic E-state index is 0.0682. The molecule has 0 bridgehead atoms. The smallest absolute Gasteiger partial charge is 0.240 e. The van der Waals surface area contributed by atoms with Crippen molar-refractivity contribution in [3.63, 3.8) is 0 Å². The maximum absolute atomic E-state index is 12.0. The summed E-state index contributed by atoms with van der Waals surface area (Å²) in [6.45, 7) is 4.34. The van der Waals surface area contributed by atoms with Crippen LogP contribution in [0.4, 0.5) is 0 Å². The minimum Gasteiger partial charge on any atom is -0.354 e. The van der Waals surface area contributed by atoms with Crippen molar-refractivity contribution < 1.29 is 4.79 Å². The van der Waals surface area contributed by atoms with Crippen LogP contribution in [0.2, 0.25) is 0 Å². The number of hydrogen-bond acceptors (Lipinski definition) is 3. The van der Waals surface area contributed by atoms with Crippen LogP contribution in [0.5, 0.6) is 0 Å².